The monoisotopic (exact) mass is 250 g/mol. The Balaban J connectivity index is 2.29. The van der Waals surface area contributed by atoms with Crippen molar-refractivity contribution in [3.05, 3.63) is 34.9 Å². The van der Waals surface area contributed by atoms with Gasteiger partial charge in [-0.2, -0.15) is 0 Å². The van der Waals surface area contributed by atoms with Gasteiger partial charge in [-0.1, -0.05) is 55.5 Å². The second-order valence-corrected chi connectivity index (χ2v) is 5.07. The Morgan fingerprint density at radius 1 is 1.06 bits per heavy atom. The molecule has 1 aromatic carbocycles. The zero-order valence-electron chi connectivity index (χ0n) is 11.9. The molecule has 1 unspecified atom stereocenters. The van der Waals surface area contributed by atoms with Crippen LogP contribution >= 0.6 is 0 Å². The number of aryl methyl sites for hydroxylation is 2. The maximum Gasteiger partial charge on any atom is 0.102 e. The van der Waals surface area contributed by atoms with Gasteiger partial charge in [0.25, 0.3) is 0 Å². The molecule has 0 aromatic heterocycles. The number of hydrogen-bond acceptors (Lipinski definition) is 2. The first-order valence-corrected chi connectivity index (χ1v) is 6.97. The van der Waals surface area contributed by atoms with Crippen LogP contribution in [0.25, 0.3) is 0 Å². The van der Waals surface area contributed by atoms with E-state index in [9.17, 15) is 5.11 Å². The molecule has 1 atom stereocenters. The van der Waals surface area contributed by atoms with Gasteiger partial charge in [-0.25, -0.2) is 0 Å². The maximum atomic E-state index is 10.0. The fourth-order valence-electron chi connectivity index (χ4n) is 2.12. The molecule has 0 aliphatic rings. The van der Waals surface area contributed by atoms with E-state index in [0.717, 1.165) is 18.6 Å². The van der Waals surface area contributed by atoms with E-state index < -0.39 is 6.10 Å². The molecule has 0 saturated carbocycles. The summed E-state index contributed by atoms with van der Waals surface area (Å²) < 4.78 is 5.53. The minimum absolute atomic E-state index is 0.398. The van der Waals surface area contributed by atoms with E-state index in [1.54, 1.807) is 0 Å². The third kappa shape index (κ3) is 5.65. The lowest BCUT2D eigenvalue weighted by molar-refractivity contribution is 0.0344. The minimum Gasteiger partial charge on any atom is -0.386 e. The number of aliphatic hydroxyl groups is 1. The van der Waals surface area contributed by atoms with Crippen LogP contribution in [0.5, 0.6) is 0 Å². The highest BCUT2D eigenvalue weighted by molar-refractivity contribution is 5.29. The average molecular weight is 250 g/mol. The van der Waals surface area contributed by atoms with Crippen LogP contribution in [-0.2, 0) is 4.74 Å². The molecule has 18 heavy (non-hydrogen) atoms. The van der Waals surface area contributed by atoms with Gasteiger partial charge in [0, 0.05) is 6.61 Å². The molecule has 0 aliphatic heterocycles. The summed E-state index contributed by atoms with van der Waals surface area (Å²) in [5.74, 6) is 0. The third-order valence-corrected chi connectivity index (χ3v) is 3.05. The van der Waals surface area contributed by atoms with Crippen LogP contribution in [0.2, 0.25) is 0 Å². The molecule has 0 bridgehead atoms. The van der Waals surface area contributed by atoms with Crippen LogP contribution in [0, 0.1) is 13.8 Å². The van der Waals surface area contributed by atoms with Gasteiger partial charge in [0.15, 0.2) is 0 Å². The summed E-state index contributed by atoms with van der Waals surface area (Å²) in [7, 11) is 0. The molecular weight excluding hydrogens is 224 g/mol. The van der Waals surface area contributed by atoms with Gasteiger partial charge in [0.05, 0.1) is 6.61 Å². The summed E-state index contributed by atoms with van der Waals surface area (Å²) in [4.78, 5) is 0. The first-order valence-electron chi connectivity index (χ1n) is 6.97. The lowest BCUT2D eigenvalue weighted by Gasteiger charge is -2.13. The van der Waals surface area contributed by atoms with Gasteiger partial charge >= 0.3 is 0 Å². The normalized spacial score (nSPS) is 12.7. The van der Waals surface area contributed by atoms with Crippen molar-refractivity contribution in [1.29, 1.82) is 0 Å². The van der Waals surface area contributed by atoms with Gasteiger partial charge in [-0.05, 0) is 25.8 Å². The lowest BCUT2D eigenvalue weighted by Crippen LogP contribution is -2.08. The van der Waals surface area contributed by atoms with Gasteiger partial charge in [-0.15, -0.1) is 0 Å². The summed E-state index contributed by atoms with van der Waals surface area (Å²) in [6.45, 7) is 7.45. The molecule has 0 amide bonds. The fourth-order valence-corrected chi connectivity index (χ4v) is 2.12. The van der Waals surface area contributed by atoms with Crippen molar-refractivity contribution in [3.63, 3.8) is 0 Å². The molecule has 0 fully saturated rings. The molecular formula is C16H26O2. The molecule has 102 valence electrons. The van der Waals surface area contributed by atoms with Crippen molar-refractivity contribution >= 4 is 0 Å². The second kappa shape index (κ2) is 8.28. The smallest absolute Gasteiger partial charge is 0.102 e. The van der Waals surface area contributed by atoms with Crippen molar-refractivity contribution in [1.82, 2.24) is 0 Å². The van der Waals surface area contributed by atoms with Crippen molar-refractivity contribution < 1.29 is 9.84 Å². The number of ether oxygens (including phenoxy) is 1. The van der Waals surface area contributed by atoms with E-state index in [1.807, 2.05) is 12.1 Å². The minimum atomic E-state index is -0.505. The van der Waals surface area contributed by atoms with Crippen LogP contribution in [0.4, 0.5) is 0 Å². The zero-order valence-corrected chi connectivity index (χ0v) is 11.9. The molecule has 0 aliphatic carbocycles. The van der Waals surface area contributed by atoms with E-state index in [2.05, 4.69) is 26.8 Å². The number of hydrogen-bond donors (Lipinski definition) is 1. The van der Waals surface area contributed by atoms with E-state index >= 15 is 0 Å². The Morgan fingerprint density at radius 2 is 1.72 bits per heavy atom. The topological polar surface area (TPSA) is 29.5 Å². The van der Waals surface area contributed by atoms with Gasteiger partial charge in [0.1, 0.15) is 6.10 Å². The predicted molar refractivity (Wildman–Crippen MR) is 75.8 cm³/mol. The molecule has 2 heteroatoms. The molecule has 1 N–H and O–H groups in total. The number of aliphatic hydroxyl groups excluding tert-OH is 1. The van der Waals surface area contributed by atoms with E-state index in [-0.39, 0.29) is 0 Å². The molecule has 0 radical (unpaired) electrons. The Morgan fingerprint density at radius 3 is 2.33 bits per heavy atom. The van der Waals surface area contributed by atoms with Crippen molar-refractivity contribution in [2.75, 3.05) is 13.2 Å². The van der Waals surface area contributed by atoms with Crippen molar-refractivity contribution in [3.8, 4) is 0 Å². The molecule has 1 rings (SSSR count). The highest BCUT2D eigenvalue weighted by Gasteiger charge is 2.08. The third-order valence-electron chi connectivity index (χ3n) is 3.05. The first-order chi connectivity index (χ1) is 8.63. The lowest BCUT2D eigenvalue weighted by atomic mass is 10.0. The Labute approximate surface area is 111 Å². The quantitative estimate of drug-likeness (QED) is 0.708. The SMILES string of the molecule is CCCCCCOCC(O)c1cc(C)cc(C)c1. The van der Waals surface area contributed by atoms with Gasteiger partial charge < -0.3 is 9.84 Å². The highest BCUT2D eigenvalue weighted by atomic mass is 16.5. The Kier molecular flexibility index (Phi) is 6.99. The zero-order chi connectivity index (χ0) is 13.4. The fraction of sp³-hybridized carbons (Fsp3) is 0.625. The summed E-state index contributed by atoms with van der Waals surface area (Å²) in [5.41, 5.74) is 3.33. The van der Waals surface area contributed by atoms with Crippen LogP contribution < -0.4 is 0 Å². The van der Waals surface area contributed by atoms with Crippen LogP contribution in [0.15, 0.2) is 18.2 Å². The van der Waals surface area contributed by atoms with Gasteiger partial charge in [-0.3, -0.25) is 0 Å². The standard InChI is InChI=1S/C16H26O2/c1-4-5-6-7-8-18-12-16(17)15-10-13(2)9-14(3)11-15/h9-11,16-17H,4-8,12H2,1-3H3. The van der Waals surface area contributed by atoms with Crippen molar-refractivity contribution in [2.45, 2.75) is 52.6 Å². The number of benzene rings is 1. The number of unbranched alkanes of at least 4 members (excludes halogenated alkanes) is 3. The summed E-state index contributed by atoms with van der Waals surface area (Å²) in [6, 6.07) is 6.16. The van der Waals surface area contributed by atoms with Crippen molar-refractivity contribution in [2.24, 2.45) is 0 Å². The van der Waals surface area contributed by atoms with E-state index in [0.29, 0.717) is 6.61 Å². The van der Waals surface area contributed by atoms with Gasteiger partial charge in [0.2, 0.25) is 0 Å². The molecule has 0 saturated heterocycles. The van der Waals surface area contributed by atoms with E-state index in [4.69, 9.17) is 4.74 Å². The molecule has 0 heterocycles. The largest absolute Gasteiger partial charge is 0.386 e. The van der Waals surface area contributed by atoms with E-state index in [1.165, 1.54) is 30.4 Å². The van der Waals surface area contributed by atoms with Crippen LogP contribution in [0.1, 0.15) is 55.4 Å². The summed E-state index contributed by atoms with van der Waals surface area (Å²) in [5, 5.41) is 10.0. The first kappa shape index (κ1) is 15.2. The van der Waals surface area contributed by atoms with Crippen LogP contribution in [-0.4, -0.2) is 18.3 Å². The summed E-state index contributed by atoms with van der Waals surface area (Å²) >= 11 is 0. The van der Waals surface area contributed by atoms with Crippen LogP contribution in [0.3, 0.4) is 0 Å². The Bertz CT molecular complexity index is 327. The maximum absolute atomic E-state index is 10.0. The average Bonchev–Trinajstić information content (AvgIpc) is 2.32. The number of rotatable bonds is 8. The molecule has 2 nitrogen and oxygen atoms in total. The highest BCUT2D eigenvalue weighted by Crippen LogP contribution is 2.17. The Hall–Kier alpha value is -0.860. The molecule has 0 spiro atoms. The predicted octanol–water partition coefficient (Wildman–Crippen LogP) is 3.93. The molecule has 1 aromatic rings. The second-order valence-electron chi connectivity index (χ2n) is 5.07. The summed E-state index contributed by atoms with van der Waals surface area (Å²) in [6.07, 6.45) is 4.31.